The van der Waals surface area contributed by atoms with Crippen LogP contribution in [0.4, 0.5) is 0 Å². The van der Waals surface area contributed by atoms with Crippen molar-refractivity contribution in [2.45, 2.75) is 25.8 Å². The summed E-state index contributed by atoms with van der Waals surface area (Å²) in [5, 5.41) is 6.54. The number of carbonyl (C=O) groups is 1. The van der Waals surface area contributed by atoms with Gasteiger partial charge in [-0.3, -0.25) is 4.79 Å². The van der Waals surface area contributed by atoms with Crippen LogP contribution in [0.15, 0.2) is 0 Å². The zero-order valence-electron chi connectivity index (χ0n) is 8.62. The van der Waals surface area contributed by atoms with E-state index < -0.39 is 0 Å². The molecule has 2 aliphatic carbocycles. The van der Waals surface area contributed by atoms with Crippen LogP contribution in [0.1, 0.15) is 19.8 Å². The summed E-state index contributed by atoms with van der Waals surface area (Å²) in [5.41, 5.74) is 0. The van der Waals surface area contributed by atoms with Crippen LogP contribution < -0.4 is 10.6 Å². The molecule has 3 fully saturated rings. The van der Waals surface area contributed by atoms with Gasteiger partial charge in [-0.1, -0.05) is 6.92 Å². The second-order valence-electron chi connectivity index (χ2n) is 5.15. The Balaban J connectivity index is 1.50. The second kappa shape index (κ2) is 2.96. The van der Waals surface area contributed by atoms with Crippen molar-refractivity contribution in [1.29, 1.82) is 0 Å². The number of carbonyl (C=O) groups excluding carboxylic acids is 1. The van der Waals surface area contributed by atoms with E-state index in [1.54, 1.807) is 0 Å². The molecular formula is C11H18N2O. The fourth-order valence-electron chi connectivity index (χ4n) is 2.74. The highest BCUT2D eigenvalue weighted by Gasteiger charge is 2.54. The topological polar surface area (TPSA) is 41.1 Å². The zero-order chi connectivity index (χ0) is 9.71. The van der Waals surface area contributed by atoms with Crippen molar-refractivity contribution in [1.82, 2.24) is 10.6 Å². The van der Waals surface area contributed by atoms with Gasteiger partial charge < -0.3 is 10.6 Å². The first kappa shape index (κ1) is 8.72. The van der Waals surface area contributed by atoms with Crippen LogP contribution in [0.3, 0.4) is 0 Å². The molecule has 3 unspecified atom stereocenters. The van der Waals surface area contributed by atoms with Crippen molar-refractivity contribution < 1.29 is 4.79 Å². The second-order valence-corrected chi connectivity index (χ2v) is 5.15. The van der Waals surface area contributed by atoms with E-state index in [0.717, 1.165) is 24.9 Å². The lowest BCUT2D eigenvalue weighted by molar-refractivity contribution is -0.125. The van der Waals surface area contributed by atoms with Crippen LogP contribution in [0.25, 0.3) is 0 Å². The van der Waals surface area contributed by atoms with Crippen LogP contribution in [-0.4, -0.2) is 25.0 Å². The SMILES string of the molecule is CC(C(=O)NC1C2CNCC21)C1CC1. The quantitative estimate of drug-likeness (QED) is 0.681. The minimum atomic E-state index is 0.254. The lowest BCUT2D eigenvalue weighted by Crippen LogP contribution is -2.36. The highest BCUT2D eigenvalue weighted by atomic mass is 16.2. The van der Waals surface area contributed by atoms with E-state index in [1.807, 2.05) is 0 Å². The highest BCUT2D eigenvalue weighted by Crippen LogP contribution is 2.42. The average Bonchev–Trinajstić information content (AvgIpc) is 3.07. The fourth-order valence-corrected chi connectivity index (χ4v) is 2.74. The predicted molar refractivity (Wildman–Crippen MR) is 53.7 cm³/mol. The third-order valence-electron chi connectivity index (χ3n) is 4.14. The number of fused-ring (bicyclic) bond motifs is 1. The molecule has 3 aliphatic rings. The molecule has 0 radical (unpaired) electrons. The van der Waals surface area contributed by atoms with Gasteiger partial charge >= 0.3 is 0 Å². The molecule has 0 spiro atoms. The summed E-state index contributed by atoms with van der Waals surface area (Å²) in [4.78, 5) is 11.8. The summed E-state index contributed by atoms with van der Waals surface area (Å²) in [6, 6.07) is 0.505. The fraction of sp³-hybridized carbons (Fsp3) is 0.909. The Kier molecular flexibility index (Phi) is 1.84. The average molecular weight is 194 g/mol. The number of rotatable bonds is 3. The molecule has 1 heterocycles. The minimum Gasteiger partial charge on any atom is -0.352 e. The maximum Gasteiger partial charge on any atom is 0.223 e. The first-order valence-corrected chi connectivity index (χ1v) is 5.78. The van der Waals surface area contributed by atoms with Gasteiger partial charge in [-0.2, -0.15) is 0 Å². The Labute approximate surface area is 84.6 Å². The number of nitrogens with one attached hydrogen (secondary N) is 2. The smallest absolute Gasteiger partial charge is 0.223 e. The Morgan fingerprint density at radius 1 is 1.36 bits per heavy atom. The van der Waals surface area contributed by atoms with Gasteiger partial charge in [0.2, 0.25) is 5.91 Å². The van der Waals surface area contributed by atoms with E-state index in [4.69, 9.17) is 0 Å². The molecule has 0 aromatic rings. The molecule has 78 valence electrons. The normalized spacial score (nSPS) is 41.6. The largest absolute Gasteiger partial charge is 0.352 e. The molecular weight excluding hydrogens is 176 g/mol. The summed E-state index contributed by atoms with van der Waals surface area (Å²) >= 11 is 0. The molecule has 2 N–H and O–H groups in total. The molecule has 3 nitrogen and oxygen atoms in total. The first-order valence-electron chi connectivity index (χ1n) is 5.78. The van der Waals surface area contributed by atoms with Crippen molar-refractivity contribution in [3.8, 4) is 0 Å². The number of amides is 1. The Morgan fingerprint density at radius 2 is 2.00 bits per heavy atom. The van der Waals surface area contributed by atoms with Crippen LogP contribution in [0.2, 0.25) is 0 Å². The predicted octanol–water partition coefficient (Wildman–Crippen LogP) is 0.366. The van der Waals surface area contributed by atoms with E-state index in [2.05, 4.69) is 17.6 Å². The van der Waals surface area contributed by atoms with Crippen LogP contribution in [0, 0.1) is 23.7 Å². The first-order chi connectivity index (χ1) is 6.77. The summed E-state index contributed by atoms with van der Waals surface area (Å²) in [7, 11) is 0. The number of hydrogen-bond donors (Lipinski definition) is 2. The molecule has 0 aromatic heterocycles. The standard InChI is InChI=1S/C11H18N2O/c1-6(7-2-3-7)11(14)13-10-8-4-12-5-9(8)10/h6-10,12H,2-5H2,1H3,(H,13,14). The zero-order valence-corrected chi connectivity index (χ0v) is 8.62. The van der Waals surface area contributed by atoms with Gasteiger partial charge in [0.1, 0.15) is 0 Å². The maximum atomic E-state index is 11.8. The van der Waals surface area contributed by atoms with Crippen molar-refractivity contribution in [2.75, 3.05) is 13.1 Å². The Morgan fingerprint density at radius 3 is 2.57 bits per heavy atom. The van der Waals surface area contributed by atoms with E-state index in [9.17, 15) is 4.79 Å². The molecule has 2 saturated carbocycles. The molecule has 3 rings (SSSR count). The molecule has 14 heavy (non-hydrogen) atoms. The van der Waals surface area contributed by atoms with Crippen molar-refractivity contribution in [2.24, 2.45) is 23.7 Å². The van der Waals surface area contributed by atoms with Gasteiger partial charge in [-0.15, -0.1) is 0 Å². The van der Waals surface area contributed by atoms with Gasteiger partial charge in [-0.05, 0) is 30.6 Å². The van der Waals surface area contributed by atoms with Gasteiger partial charge in [0.05, 0.1) is 0 Å². The lowest BCUT2D eigenvalue weighted by atomic mass is 10.1. The minimum absolute atomic E-state index is 0.254. The summed E-state index contributed by atoms with van der Waals surface area (Å²) in [6.45, 7) is 4.28. The van der Waals surface area contributed by atoms with Crippen LogP contribution in [0.5, 0.6) is 0 Å². The number of hydrogen-bond acceptors (Lipinski definition) is 2. The molecule has 1 amide bonds. The highest BCUT2D eigenvalue weighted by molar-refractivity contribution is 5.79. The Bertz CT molecular complexity index is 252. The molecule has 0 bridgehead atoms. The molecule has 3 atom stereocenters. The summed E-state index contributed by atoms with van der Waals surface area (Å²) in [5.74, 6) is 2.72. The molecule has 1 aliphatic heterocycles. The van der Waals surface area contributed by atoms with Gasteiger partial charge in [0, 0.05) is 25.0 Å². The maximum absolute atomic E-state index is 11.8. The van der Waals surface area contributed by atoms with E-state index in [0.29, 0.717) is 17.9 Å². The summed E-state index contributed by atoms with van der Waals surface area (Å²) < 4.78 is 0. The third-order valence-corrected chi connectivity index (χ3v) is 4.14. The van der Waals surface area contributed by atoms with Crippen molar-refractivity contribution in [3.63, 3.8) is 0 Å². The van der Waals surface area contributed by atoms with E-state index in [-0.39, 0.29) is 5.92 Å². The molecule has 1 saturated heterocycles. The van der Waals surface area contributed by atoms with Gasteiger partial charge in [0.15, 0.2) is 0 Å². The van der Waals surface area contributed by atoms with Crippen molar-refractivity contribution in [3.05, 3.63) is 0 Å². The molecule has 3 heteroatoms. The molecule has 0 aromatic carbocycles. The monoisotopic (exact) mass is 194 g/mol. The van der Waals surface area contributed by atoms with Gasteiger partial charge in [0.25, 0.3) is 0 Å². The lowest BCUT2D eigenvalue weighted by Gasteiger charge is -2.12. The van der Waals surface area contributed by atoms with Crippen LogP contribution in [-0.2, 0) is 4.79 Å². The third kappa shape index (κ3) is 1.34. The van der Waals surface area contributed by atoms with Crippen LogP contribution >= 0.6 is 0 Å². The van der Waals surface area contributed by atoms with E-state index >= 15 is 0 Å². The van der Waals surface area contributed by atoms with Gasteiger partial charge in [-0.25, -0.2) is 0 Å². The van der Waals surface area contributed by atoms with E-state index in [1.165, 1.54) is 12.8 Å². The van der Waals surface area contributed by atoms with Crippen molar-refractivity contribution >= 4 is 5.91 Å². The Hall–Kier alpha value is -0.570. The summed E-state index contributed by atoms with van der Waals surface area (Å²) in [6.07, 6.45) is 2.52. The number of piperidine rings is 1.